The van der Waals surface area contributed by atoms with E-state index in [0.29, 0.717) is 5.25 Å². The molecule has 1 fully saturated rings. The van der Waals surface area contributed by atoms with Crippen LogP contribution in [0.4, 0.5) is 0 Å². The van der Waals surface area contributed by atoms with Gasteiger partial charge >= 0.3 is 0 Å². The fourth-order valence-electron chi connectivity index (χ4n) is 0.936. The molecule has 0 aromatic heterocycles. The molecule has 1 saturated heterocycles. The van der Waals surface area contributed by atoms with Crippen molar-refractivity contribution in [2.75, 3.05) is 12.4 Å². The number of aliphatic hydroxyl groups excluding tert-OH is 2. The molecule has 0 aliphatic carbocycles. The molecule has 9 heavy (non-hydrogen) atoms. The summed E-state index contributed by atoms with van der Waals surface area (Å²) in [5.41, 5.74) is 0. The summed E-state index contributed by atoms with van der Waals surface area (Å²) in [6, 6.07) is 0. The lowest BCUT2D eigenvalue weighted by Crippen LogP contribution is -2.23. The SMILES string of the molecule is OC[C@H]1CC[C@H](O)CS1. The second-order valence-corrected chi connectivity index (χ2v) is 3.70. The van der Waals surface area contributed by atoms with Crippen molar-refractivity contribution in [1.82, 2.24) is 0 Å². The van der Waals surface area contributed by atoms with Crippen LogP contribution in [0, 0.1) is 0 Å². The van der Waals surface area contributed by atoms with Crippen LogP contribution >= 0.6 is 11.8 Å². The second-order valence-electron chi connectivity index (χ2n) is 2.37. The Balaban J connectivity index is 2.18. The summed E-state index contributed by atoms with van der Waals surface area (Å²) in [7, 11) is 0. The lowest BCUT2D eigenvalue weighted by atomic mass is 10.1. The molecule has 2 atom stereocenters. The van der Waals surface area contributed by atoms with Crippen LogP contribution in [0.25, 0.3) is 0 Å². The molecule has 0 saturated carbocycles. The van der Waals surface area contributed by atoms with E-state index >= 15 is 0 Å². The van der Waals surface area contributed by atoms with Gasteiger partial charge < -0.3 is 10.2 Å². The third-order valence-electron chi connectivity index (χ3n) is 1.55. The van der Waals surface area contributed by atoms with E-state index in [2.05, 4.69) is 0 Å². The molecule has 0 radical (unpaired) electrons. The smallest absolute Gasteiger partial charge is 0.0631 e. The molecule has 0 unspecified atom stereocenters. The van der Waals surface area contributed by atoms with Crippen LogP contribution in [0.3, 0.4) is 0 Å². The Morgan fingerprint density at radius 1 is 1.44 bits per heavy atom. The summed E-state index contributed by atoms with van der Waals surface area (Å²) in [5, 5.41) is 18.1. The Morgan fingerprint density at radius 3 is 2.67 bits per heavy atom. The highest BCUT2D eigenvalue weighted by atomic mass is 32.2. The minimum atomic E-state index is -0.127. The first-order valence-electron chi connectivity index (χ1n) is 3.23. The van der Waals surface area contributed by atoms with Crippen molar-refractivity contribution in [3.8, 4) is 0 Å². The summed E-state index contributed by atoms with van der Waals surface area (Å²) in [5.74, 6) is 0.797. The molecule has 0 amide bonds. The summed E-state index contributed by atoms with van der Waals surface area (Å²) >= 11 is 1.67. The van der Waals surface area contributed by atoms with E-state index in [0.717, 1.165) is 18.6 Å². The summed E-state index contributed by atoms with van der Waals surface area (Å²) in [6.45, 7) is 0.261. The Kier molecular flexibility index (Phi) is 2.82. The van der Waals surface area contributed by atoms with Crippen LogP contribution in [0.5, 0.6) is 0 Å². The van der Waals surface area contributed by atoms with Crippen molar-refractivity contribution in [2.45, 2.75) is 24.2 Å². The van der Waals surface area contributed by atoms with Crippen LogP contribution in [0.15, 0.2) is 0 Å². The van der Waals surface area contributed by atoms with Gasteiger partial charge in [0, 0.05) is 11.0 Å². The summed E-state index contributed by atoms with van der Waals surface area (Å²) < 4.78 is 0. The predicted molar refractivity (Wildman–Crippen MR) is 38.6 cm³/mol. The zero-order valence-electron chi connectivity index (χ0n) is 5.29. The Labute approximate surface area is 59.3 Å². The van der Waals surface area contributed by atoms with Crippen molar-refractivity contribution in [2.24, 2.45) is 0 Å². The number of hydrogen-bond acceptors (Lipinski definition) is 3. The Morgan fingerprint density at radius 2 is 2.22 bits per heavy atom. The largest absolute Gasteiger partial charge is 0.395 e. The normalized spacial score (nSPS) is 36.7. The molecule has 1 rings (SSSR count). The van der Waals surface area contributed by atoms with Crippen LogP contribution in [-0.2, 0) is 0 Å². The van der Waals surface area contributed by atoms with Gasteiger partial charge in [0.05, 0.1) is 12.7 Å². The maximum absolute atomic E-state index is 9.02. The highest BCUT2D eigenvalue weighted by Crippen LogP contribution is 2.24. The third kappa shape index (κ3) is 2.16. The molecule has 0 spiro atoms. The van der Waals surface area contributed by atoms with Gasteiger partial charge in [-0.2, -0.15) is 11.8 Å². The van der Waals surface area contributed by atoms with Gasteiger partial charge in [-0.05, 0) is 12.8 Å². The maximum Gasteiger partial charge on any atom is 0.0631 e. The zero-order valence-corrected chi connectivity index (χ0v) is 6.10. The van der Waals surface area contributed by atoms with Gasteiger partial charge in [-0.3, -0.25) is 0 Å². The van der Waals surface area contributed by atoms with Crippen LogP contribution < -0.4 is 0 Å². The minimum absolute atomic E-state index is 0.127. The number of hydrogen-bond donors (Lipinski definition) is 2. The van der Waals surface area contributed by atoms with E-state index in [1.807, 2.05) is 0 Å². The standard InChI is InChI=1S/C6H12O2S/c7-3-6-2-1-5(8)4-9-6/h5-8H,1-4H2/t5-,6+/m0/s1. The molecule has 3 heteroatoms. The second kappa shape index (κ2) is 3.44. The topological polar surface area (TPSA) is 40.5 Å². The zero-order chi connectivity index (χ0) is 6.69. The Bertz CT molecular complexity index is 79.1. The number of thioether (sulfide) groups is 1. The summed E-state index contributed by atoms with van der Waals surface area (Å²) in [4.78, 5) is 0. The molecule has 54 valence electrons. The first-order valence-corrected chi connectivity index (χ1v) is 4.28. The van der Waals surface area contributed by atoms with Gasteiger partial charge in [-0.15, -0.1) is 0 Å². The molecule has 0 bridgehead atoms. The van der Waals surface area contributed by atoms with Gasteiger partial charge in [0.1, 0.15) is 0 Å². The van der Waals surface area contributed by atoms with Crippen LogP contribution in [0.2, 0.25) is 0 Å². The van der Waals surface area contributed by atoms with Crippen molar-refractivity contribution in [1.29, 1.82) is 0 Å². The molecule has 0 aromatic rings. The van der Waals surface area contributed by atoms with E-state index in [1.54, 1.807) is 11.8 Å². The average Bonchev–Trinajstić information content (AvgIpc) is 1.90. The molecular weight excluding hydrogens is 136 g/mol. The predicted octanol–water partition coefficient (Wildman–Crippen LogP) is 0.235. The van der Waals surface area contributed by atoms with E-state index in [-0.39, 0.29) is 12.7 Å². The quantitative estimate of drug-likeness (QED) is 0.559. The fraction of sp³-hybridized carbons (Fsp3) is 1.00. The van der Waals surface area contributed by atoms with E-state index in [4.69, 9.17) is 10.2 Å². The molecule has 1 heterocycles. The average molecular weight is 148 g/mol. The molecule has 0 aromatic carbocycles. The van der Waals surface area contributed by atoms with Crippen molar-refractivity contribution < 1.29 is 10.2 Å². The summed E-state index contributed by atoms with van der Waals surface area (Å²) in [6.07, 6.45) is 1.69. The van der Waals surface area contributed by atoms with Crippen molar-refractivity contribution >= 4 is 11.8 Å². The molecule has 2 nitrogen and oxygen atoms in total. The highest BCUT2D eigenvalue weighted by molar-refractivity contribution is 8.00. The fourth-order valence-corrected chi connectivity index (χ4v) is 2.01. The third-order valence-corrected chi connectivity index (χ3v) is 2.98. The van der Waals surface area contributed by atoms with Gasteiger partial charge in [-0.1, -0.05) is 0 Å². The van der Waals surface area contributed by atoms with Gasteiger partial charge in [0.25, 0.3) is 0 Å². The highest BCUT2D eigenvalue weighted by Gasteiger charge is 2.18. The lowest BCUT2D eigenvalue weighted by Gasteiger charge is -2.22. The molecule has 2 N–H and O–H groups in total. The maximum atomic E-state index is 9.02. The monoisotopic (exact) mass is 148 g/mol. The van der Waals surface area contributed by atoms with Gasteiger partial charge in [0.2, 0.25) is 0 Å². The van der Waals surface area contributed by atoms with Gasteiger partial charge in [-0.25, -0.2) is 0 Å². The minimum Gasteiger partial charge on any atom is -0.395 e. The Hall–Kier alpha value is 0.270. The van der Waals surface area contributed by atoms with E-state index < -0.39 is 0 Å². The van der Waals surface area contributed by atoms with Gasteiger partial charge in [0.15, 0.2) is 0 Å². The van der Waals surface area contributed by atoms with E-state index in [1.165, 1.54) is 0 Å². The number of rotatable bonds is 1. The number of aliphatic hydroxyl groups is 2. The molecule has 1 aliphatic heterocycles. The first-order chi connectivity index (χ1) is 4.33. The van der Waals surface area contributed by atoms with Crippen molar-refractivity contribution in [3.63, 3.8) is 0 Å². The molecule has 1 aliphatic rings. The van der Waals surface area contributed by atoms with E-state index in [9.17, 15) is 0 Å². The first kappa shape index (κ1) is 7.38. The van der Waals surface area contributed by atoms with Crippen LogP contribution in [-0.4, -0.2) is 33.9 Å². The lowest BCUT2D eigenvalue weighted by molar-refractivity contribution is 0.174. The van der Waals surface area contributed by atoms with Crippen LogP contribution in [0.1, 0.15) is 12.8 Å². The molecular formula is C6H12O2S. The van der Waals surface area contributed by atoms with Crippen molar-refractivity contribution in [3.05, 3.63) is 0 Å².